The van der Waals surface area contributed by atoms with Crippen LogP contribution in [-0.4, -0.2) is 36.5 Å². The summed E-state index contributed by atoms with van der Waals surface area (Å²) in [5, 5.41) is 16.1. The van der Waals surface area contributed by atoms with E-state index >= 15 is 0 Å². The molecule has 1 aliphatic carbocycles. The fraction of sp³-hybridized carbons (Fsp3) is 0.722. The third-order valence-corrected chi connectivity index (χ3v) is 4.29. The maximum Gasteiger partial charge on any atom is 0.315 e. The molecule has 0 radical (unpaired) electrons. The number of hydrogen-bond donors (Lipinski definition) is 3. The molecule has 1 heterocycles. The molecule has 136 valence electrons. The number of nitrogens with one attached hydrogen (secondary N) is 2. The molecule has 1 aliphatic rings. The topological polar surface area (TPSA) is 83.7 Å². The smallest absolute Gasteiger partial charge is 0.315 e. The van der Waals surface area contributed by atoms with Gasteiger partial charge in [0.2, 0.25) is 0 Å². The molecule has 1 aromatic rings. The van der Waals surface area contributed by atoms with Gasteiger partial charge in [-0.2, -0.15) is 0 Å². The molecule has 6 nitrogen and oxygen atoms in total. The van der Waals surface area contributed by atoms with Gasteiger partial charge in [0.25, 0.3) is 0 Å². The zero-order valence-electron chi connectivity index (χ0n) is 14.7. The number of carbonyl (C=O) groups is 1. The number of aliphatic hydroxyl groups is 1. The Bertz CT molecular complexity index is 481. The van der Waals surface area contributed by atoms with Crippen LogP contribution in [0.15, 0.2) is 22.8 Å². The quantitative estimate of drug-likeness (QED) is 0.680. The van der Waals surface area contributed by atoms with Gasteiger partial charge in [-0.3, -0.25) is 0 Å². The molecule has 0 saturated heterocycles. The van der Waals surface area contributed by atoms with E-state index < -0.39 is 5.60 Å². The molecule has 0 aliphatic heterocycles. The van der Waals surface area contributed by atoms with Crippen LogP contribution in [0.1, 0.15) is 57.8 Å². The van der Waals surface area contributed by atoms with Crippen molar-refractivity contribution in [3.8, 4) is 0 Å². The van der Waals surface area contributed by atoms with Gasteiger partial charge >= 0.3 is 6.03 Å². The Balaban J connectivity index is 1.82. The van der Waals surface area contributed by atoms with Crippen molar-refractivity contribution in [3.63, 3.8) is 0 Å². The van der Waals surface area contributed by atoms with Gasteiger partial charge in [-0.05, 0) is 30.9 Å². The highest BCUT2D eigenvalue weighted by Crippen LogP contribution is 2.27. The number of carbonyl (C=O) groups excluding carboxylic acids is 1. The molecule has 1 unspecified atom stereocenters. The average molecular weight is 338 g/mol. The molecule has 6 heteroatoms. The van der Waals surface area contributed by atoms with E-state index in [4.69, 9.17) is 9.15 Å². The Morgan fingerprint density at radius 2 is 2.08 bits per heavy atom. The van der Waals surface area contributed by atoms with Crippen molar-refractivity contribution in [3.05, 3.63) is 24.2 Å². The molecule has 1 saturated carbocycles. The summed E-state index contributed by atoms with van der Waals surface area (Å²) < 4.78 is 11.0. The summed E-state index contributed by atoms with van der Waals surface area (Å²) in [6.07, 6.45) is 6.24. The third-order valence-electron chi connectivity index (χ3n) is 4.29. The minimum atomic E-state index is -0.774. The lowest BCUT2D eigenvalue weighted by atomic mass is 9.85. The molecular formula is C18H30N2O4. The first-order chi connectivity index (χ1) is 11.5. The van der Waals surface area contributed by atoms with Crippen molar-refractivity contribution in [2.24, 2.45) is 5.92 Å². The number of amides is 2. The van der Waals surface area contributed by atoms with Gasteiger partial charge in [0.1, 0.15) is 11.8 Å². The summed E-state index contributed by atoms with van der Waals surface area (Å²) in [6.45, 7) is 5.40. The summed E-state index contributed by atoms with van der Waals surface area (Å²) in [7, 11) is 0. The van der Waals surface area contributed by atoms with E-state index in [0.29, 0.717) is 24.9 Å². The largest absolute Gasteiger partial charge is 0.467 e. The summed E-state index contributed by atoms with van der Waals surface area (Å²) in [4.78, 5) is 12.2. The van der Waals surface area contributed by atoms with Gasteiger partial charge in [-0.15, -0.1) is 0 Å². The van der Waals surface area contributed by atoms with Gasteiger partial charge in [0.05, 0.1) is 18.5 Å². The number of furan rings is 1. The average Bonchev–Trinajstić information content (AvgIpc) is 3.07. The van der Waals surface area contributed by atoms with Gasteiger partial charge in [0, 0.05) is 13.2 Å². The first-order valence-corrected chi connectivity index (χ1v) is 8.86. The minimum absolute atomic E-state index is 0.274. The predicted molar refractivity (Wildman–Crippen MR) is 91.7 cm³/mol. The van der Waals surface area contributed by atoms with E-state index in [2.05, 4.69) is 24.5 Å². The summed E-state index contributed by atoms with van der Waals surface area (Å²) in [5.41, 5.74) is -0.774. The van der Waals surface area contributed by atoms with Crippen molar-refractivity contribution >= 4 is 6.03 Å². The highest BCUT2D eigenvalue weighted by Gasteiger charge is 2.29. The Morgan fingerprint density at radius 3 is 2.71 bits per heavy atom. The van der Waals surface area contributed by atoms with Crippen molar-refractivity contribution in [1.29, 1.82) is 0 Å². The van der Waals surface area contributed by atoms with Crippen LogP contribution < -0.4 is 10.6 Å². The van der Waals surface area contributed by atoms with E-state index in [1.807, 2.05) is 6.07 Å². The molecule has 1 aromatic heterocycles. The van der Waals surface area contributed by atoms with Crippen LogP contribution in [-0.2, 0) is 4.74 Å². The maximum absolute atomic E-state index is 12.2. The van der Waals surface area contributed by atoms with Crippen LogP contribution in [0.2, 0.25) is 0 Å². The zero-order chi connectivity index (χ0) is 17.4. The van der Waals surface area contributed by atoms with Crippen LogP contribution in [0.5, 0.6) is 0 Å². The summed E-state index contributed by atoms with van der Waals surface area (Å²) in [5.74, 6) is 1.09. The van der Waals surface area contributed by atoms with Crippen LogP contribution in [0.3, 0.4) is 0 Å². The molecule has 0 spiro atoms. The number of ether oxygens (including phenoxy) is 1. The van der Waals surface area contributed by atoms with Crippen molar-refractivity contribution in [2.75, 3.05) is 19.8 Å². The van der Waals surface area contributed by atoms with Crippen molar-refractivity contribution < 1.29 is 19.1 Å². The van der Waals surface area contributed by atoms with E-state index in [0.717, 1.165) is 32.1 Å². The lowest BCUT2D eigenvalue weighted by Crippen LogP contribution is -2.48. The second kappa shape index (κ2) is 9.08. The fourth-order valence-corrected chi connectivity index (χ4v) is 2.95. The van der Waals surface area contributed by atoms with Gasteiger partial charge < -0.3 is 24.9 Å². The van der Waals surface area contributed by atoms with Gasteiger partial charge in [-0.25, -0.2) is 4.79 Å². The zero-order valence-corrected chi connectivity index (χ0v) is 14.7. The minimum Gasteiger partial charge on any atom is -0.467 e. The van der Waals surface area contributed by atoms with Crippen LogP contribution in [0, 0.1) is 5.92 Å². The summed E-state index contributed by atoms with van der Waals surface area (Å²) in [6, 6.07) is 2.94. The third kappa shape index (κ3) is 6.17. The first kappa shape index (κ1) is 18.8. The molecule has 2 rings (SSSR count). The number of rotatable bonds is 8. The monoisotopic (exact) mass is 338 g/mol. The van der Waals surface area contributed by atoms with E-state index in [1.54, 1.807) is 12.3 Å². The van der Waals surface area contributed by atoms with E-state index in [-0.39, 0.29) is 18.6 Å². The van der Waals surface area contributed by atoms with Crippen molar-refractivity contribution in [2.45, 2.75) is 57.6 Å². The SMILES string of the molecule is CC(C)COCC(NC(=O)NCC1(O)CCCCC1)c1ccco1. The molecule has 2 amide bonds. The number of urea groups is 1. The number of hydrogen-bond acceptors (Lipinski definition) is 4. The fourth-order valence-electron chi connectivity index (χ4n) is 2.95. The van der Waals surface area contributed by atoms with E-state index in [1.165, 1.54) is 0 Å². The molecular weight excluding hydrogens is 308 g/mol. The Morgan fingerprint density at radius 1 is 1.33 bits per heavy atom. The maximum atomic E-state index is 12.2. The molecule has 0 aromatic carbocycles. The normalized spacial score (nSPS) is 18.3. The first-order valence-electron chi connectivity index (χ1n) is 8.86. The lowest BCUT2D eigenvalue weighted by Gasteiger charge is -2.32. The van der Waals surface area contributed by atoms with Crippen molar-refractivity contribution in [1.82, 2.24) is 10.6 Å². The van der Waals surface area contributed by atoms with Gasteiger partial charge in [0.15, 0.2) is 0 Å². The Kier molecular flexibility index (Phi) is 7.12. The standard InChI is InChI=1S/C18H30N2O4/c1-14(2)11-23-12-15(16-7-6-10-24-16)20-17(21)19-13-18(22)8-4-3-5-9-18/h6-7,10,14-15,22H,3-5,8-9,11-13H2,1-2H3,(H2,19,20,21). The highest BCUT2D eigenvalue weighted by molar-refractivity contribution is 5.74. The second-order valence-corrected chi connectivity index (χ2v) is 7.11. The molecule has 1 fully saturated rings. The molecule has 0 bridgehead atoms. The molecule has 3 N–H and O–H groups in total. The summed E-state index contributed by atoms with van der Waals surface area (Å²) >= 11 is 0. The Labute approximate surface area is 143 Å². The van der Waals surface area contributed by atoms with Gasteiger partial charge in [-0.1, -0.05) is 33.1 Å². The van der Waals surface area contributed by atoms with E-state index in [9.17, 15) is 9.90 Å². The van der Waals surface area contributed by atoms with Crippen LogP contribution in [0.25, 0.3) is 0 Å². The predicted octanol–water partition coefficient (Wildman–Crippen LogP) is 2.99. The second-order valence-electron chi connectivity index (χ2n) is 7.11. The molecule has 24 heavy (non-hydrogen) atoms. The Hall–Kier alpha value is -1.53. The lowest BCUT2D eigenvalue weighted by molar-refractivity contribution is 0.00695. The van der Waals surface area contributed by atoms with Crippen LogP contribution >= 0.6 is 0 Å². The molecule has 1 atom stereocenters. The van der Waals surface area contributed by atoms with Crippen LogP contribution in [0.4, 0.5) is 4.79 Å². The highest BCUT2D eigenvalue weighted by atomic mass is 16.5.